The number of rotatable bonds is 8. The van der Waals surface area contributed by atoms with Gasteiger partial charge in [-0.15, -0.1) is 0 Å². The highest BCUT2D eigenvalue weighted by atomic mass is 16.3. The monoisotopic (exact) mass is 452 g/mol. The summed E-state index contributed by atoms with van der Waals surface area (Å²) in [5, 5.41) is 2.67. The Labute approximate surface area is 194 Å². The number of likely N-dealkylation sites (tertiary alicyclic amines) is 1. The first-order valence-electron chi connectivity index (χ1n) is 11.3. The molecule has 0 spiro atoms. The summed E-state index contributed by atoms with van der Waals surface area (Å²) >= 11 is 0. The van der Waals surface area contributed by atoms with E-state index in [-0.39, 0.29) is 36.6 Å². The highest BCUT2D eigenvalue weighted by Crippen LogP contribution is 2.30. The van der Waals surface area contributed by atoms with Gasteiger partial charge in [0.15, 0.2) is 0 Å². The average Bonchev–Trinajstić information content (AvgIpc) is 3.33. The first kappa shape index (κ1) is 24.2. The molecule has 8 nitrogen and oxygen atoms in total. The number of nitrogens with zero attached hydrogens (tertiary/aromatic N) is 3. The molecule has 3 heterocycles. The Morgan fingerprint density at radius 1 is 1.24 bits per heavy atom. The van der Waals surface area contributed by atoms with E-state index in [0.29, 0.717) is 25.2 Å². The van der Waals surface area contributed by atoms with Crippen LogP contribution < -0.4 is 5.32 Å². The fourth-order valence-corrected chi connectivity index (χ4v) is 3.97. The second-order valence-electron chi connectivity index (χ2n) is 8.33. The molecule has 1 fully saturated rings. The zero-order valence-electron chi connectivity index (χ0n) is 19.5. The van der Waals surface area contributed by atoms with Gasteiger partial charge in [-0.25, -0.2) is 0 Å². The Hall–Kier alpha value is -3.42. The molecule has 0 aromatic carbocycles. The predicted molar refractivity (Wildman–Crippen MR) is 124 cm³/mol. The van der Waals surface area contributed by atoms with Crippen LogP contribution in [0.1, 0.15) is 59.6 Å². The van der Waals surface area contributed by atoms with Gasteiger partial charge >= 0.3 is 0 Å². The number of carbonyl (C=O) groups is 3. The zero-order chi connectivity index (χ0) is 23.8. The number of furan rings is 1. The van der Waals surface area contributed by atoms with E-state index in [1.807, 2.05) is 32.0 Å². The van der Waals surface area contributed by atoms with E-state index in [2.05, 4.69) is 5.32 Å². The summed E-state index contributed by atoms with van der Waals surface area (Å²) in [4.78, 5) is 45.5. The molecular weight excluding hydrogens is 420 g/mol. The molecule has 2 aromatic rings. The Morgan fingerprint density at radius 2 is 2.00 bits per heavy atom. The van der Waals surface area contributed by atoms with E-state index in [1.54, 1.807) is 41.3 Å². The Balaban J connectivity index is 1.61. The lowest BCUT2D eigenvalue weighted by Gasteiger charge is -2.33. The topological polar surface area (TPSA) is 95.8 Å². The molecule has 0 atom stereocenters. The first-order valence-corrected chi connectivity index (χ1v) is 11.3. The molecule has 0 radical (unpaired) electrons. The summed E-state index contributed by atoms with van der Waals surface area (Å²) in [7, 11) is 1.75. The molecule has 33 heavy (non-hydrogen) atoms. The van der Waals surface area contributed by atoms with Crippen LogP contribution in [0.5, 0.6) is 0 Å². The van der Waals surface area contributed by atoms with Crippen LogP contribution in [0.15, 0.2) is 47.1 Å². The smallest absolute Gasteiger partial charge is 0.255 e. The van der Waals surface area contributed by atoms with Gasteiger partial charge in [0.2, 0.25) is 11.8 Å². The minimum atomic E-state index is -0.165. The normalized spacial score (nSPS) is 14.5. The van der Waals surface area contributed by atoms with E-state index in [9.17, 15) is 14.4 Å². The van der Waals surface area contributed by atoms with Crippen molar-refractivity contribution in [2.24, 2.45) is 0 Å². The number of nitrogens with one attached hydrogen (secondary N) is 1. The summed E-state index contributed by atoms with van der Waals surface area (Å²) in [5.41, 5.74) is 2.24. The molecule has 1 aliphatic heterocycles. The average molecular weight is 453 g/mol. The van der Waals surface area contributed by atoms with Crippen LogP contribution in [-0.4, -0.2) is 59.2 Å². The molecule has 0 unspecified atom stereocenters. The lowest BCUT2D eigenvalue weighted by Crippen LogP contribution is -2.44. The number of hydrogen-bond donors (Lipinski definition) is 1. The maximum Gasteiger partial charge on any atom is 0.255 e. The number of pyridine rings is 1. The third kappa shape index (κ3) is 6.54. The van der Waals surface area contributed by atoms with Crippen molar-refractivity contribution in [2.45, 2.75) is 45.6 Å². The SMILES string of the molecule is C/C=C/CC(=O)NCC(=O)N1CCC(c2nc(C)ccc2C(=O)N(C)Cc2ccco2)CC1. The first-order chi connectivity index (χ1) is 15.9. The molecule has 0 bridgehead atoms. The number of aryl methyl sites for hydroxylation is 1. The van der Waals surface area contributed by atoms with Crippen molar-refractivity contribution in [2.75, 3.05) is 26.7 Å². The van der Waals surface area contributed by atoms with E-state index < -0.39 is 0 Å². The van der Waals surface area contributed by atoms with Crippen LogP contribution in [-0.2, 0) is 16.1 Å². The van der Waals surface area contributed by atoms with Crippen LogP contribution in [0.4, 0.5) is 0 Å². The van der Waals surface area contributed by atoms with Crippen molar-refractivity contribution >= 4 is 17.7 Å². The van der Waals surface area contributed by atoms with E-state index in [4.69, 9.17) is 9.40 Å². The fraction of sp³-hybridized carbons (Fsp3) is 0.440. The summed E-state index contributed by atoms with van der Waals surface area (Å²) in [5.74, 6) is 0.457. The second-order valence-corrected chi connectivity index (χ2v) is 8.33. The summed E-state index contributed by atoms with van der Waals surface area (Å²) in [6.45, 7) is 5.29. The van der Waals surface area contributed by atoms with Crippen molar-refractivity contribution in [1.82, 2.24) is 20.1 Å². The molecule has 176 valence electrons. The Bertz CT molecular complexity index is 992. The van der Waals surface area contributed by atoms with Gasteiger partial charge in [-0.3, -0.25) is 19.4 Å². The number of piperidine rings is 1. The van der Waals surface area contributed by atoms with E-state index >= 15 is 0 Å². The van der Waals surface area contributed by atoms with Crippen molar-refractivity contribution < 1.29 is 18.8 Å². The van der Waals surface area contributed by atoms with Gasteiger partial charge in [0.1, 0.15) is 5.76 Å². The molecule has 8 heteroatoms. The largest absolute Gasteiger partial charge is 0.467 e. The quantitative estimate of drug-likeness (QED) is 0.621. The molecule has 3 rings (SSSR count). The lowest BCUT2D eigenvalue weighted by atomic mass is 9.89. The van der Waals surface area contributed by atoms with Gasteiger partial charge in [-0.2, -0.15) is 0 Å². The zero-order valence-corrected chi connectivity index (χ0v) is 19.5. The summed E-state index contributed by atoms with van der Waals surface area (Å²) in [6, 6.07) is 7.34. The minimum Gasteiger partial charge on any atom is -0.467 e. The predicted octanol–water partition coefficient (Wildman–Crippen LogP) is 3.04. The summed E-state index contributed by atoms with van der Waals surface area (Å²) in [6.07, 6.45) is 6.86. The van der Waals surface area contributed by atoms with Gasteiger partial charge in [0, 0.05) is 38.2 Å². The van der Waals surface area contributed by atoms with E-state index in [1.165, 1.54) is 0 Å². The molecule has 1 saturated heterocycles. The Morgan fingerprint density at radius 3 is 2.67 bits per heavy atom. The molecule has 2 aromatic heterocycles. The van der Waals surface area contributed by atoms with Crippen LogP contribution >= 0.6 is 0 Å². The maximum absolute atomic E-state index is 13.2. The van der Waals surface area contributed by atoms with E-state index in [0.717, 1.165) is 30.0 Å². The van der Waals surface area contributed by atoms with Crippen LogP contribution in [0, 0.1) is 6.92 Å². The standard InChI is InChI=1S/C25H32N4O4/c1-4-5-8-22(30)26-16-23(31)29-13-11-19(12-14-29)24-21(10-9-18(2)27-24)25(32)28(3)17-20-7-6-15-33-20/h4-7,9-10,15,19H,8,11-14,16-17H2,1-3H3,(H,26,30)/b5-4+. The lowest BCUT2D eigenvalue weighted by molar-refractivity contribution is -0.133. The molecule has 0 saturated carbocycles. The summed E-state index contributed by atoms with van der Waals surface area (Å²) < 4.78 is 5.37. The highest BCUT2D eigenvalue weighted by molar-refractivity contribution is 5.95. The van der Waals surface area contributed by atoms with Gasteiger partial charge in [0.25, 0.3) is 5.91 Å². The number of carbonyl (C=O) groups excluding carboxylic acids is 3. The maximum atomic E-state index is 13.2. The third-order valence-corrected chi connectivity index (χ3v) is 5.82. The molecular formula is C25H32N4O4. The van der Waals surface area contributed by atoms with Gasteiger partial charge in [-0.05, 0) is 51.0 Å². The molecule has 1 N–H and O–H groups in total. The minimum absolute atomic E-state index is 0.00502. The van der Waals surface area contributed by atoms with Gasteiger partial charge < -0.3 is 19.5 Å². The number of aromatic nitrogens is 1. The fourth-order valence-electron chi connectivity index (χ4n) is 3.97. The molecule has 0 aliphatic carbocycles. The van der Waals surface area contributed by atoms with Crippen LogP contribution in [0.25, 0.3) is 0 Å². The number of amides is 3. The number of allylic oxidation sites excluding steroid dienone is 1. The van der Waals surface area contributed by atoms with Crippen molar-refractivity contribution in [3.05, 3.63) is 65.4 Å². The van der Waals surface area contributed by atoms with Crippen molar-refractivity contribution in [3.8, 4) is 0 Å². The van der Waals surface area contributed by atoms with Crippen molar-refractivity contribution in [3.63, 3.8) is 0 Å². The molecule has 1 aliphatic rings. The Kier molecular flexibility index (Phi) is 8.40. The van der Waals surface area contributed by atoms with Crippen molar-refractivity contribution in [1.29, 1.82) is 0 Å². The highest BCUT2D eigenvalue weighted by Gasteiger charge is 2.29. The van der Waals surface area contributed by atoms with Gasteiger partial charge in [0.05, 0.1) is 30.6 Å². The molecule has 3 amide bonds. The number of hydrogen-bond acceptors (Lipinski definition) is 5. The van der Waals surface area contributed by atoms with Crippen LogP contribution in [0.2, 0.25) is 0 Å². The second kappa shape index (κ2) is 11.4. The van der Waals surface area contributed by atoms with Crippen LogP contribution in [0.3, 0.4) is 0 Å². The third-order valence-electron chi connectivity index (χ3n) is 5.82. The van der Waals surface area contributed by atoms with Gasteiger partial charge in [-0.1, -0.05) is 12.2 Å².